The molecule has 2 N–H and O–H groups in total. The Bertz CT molecular complexity index is 669. The van der Waals surface area contributed by atoms with Gasteiger partial charge < -0.3 is 10.6 Å². The van der Waals surface area contributed by atoms with Crippen LogP contribution in [0.5, 0.6) is 0 Å². The van der Waals surface area contributed by atoms with Crippen LogP contribution < -0.4 is 10.6 Å². The molecule has 2 rings (SSSR count). The Kier molecular flexibility index (Phi) is 5.03. The van der Waals surface area contributed by atoms with Gasteiger partial charge in [0.15, 0.2) is 0 Å². The van der Waals surface area contributed by atoms with Crippen LogP contribution in [0.2, 0.25) is 5.02 Å². The van der Waals surface area contributed by atoms with E-state index in [9.17, 15) is 13.6 Å². The first kappa shape index (κ1) is 15.6. The summed E-state index contributed by atoms with van der Waals surface area (Å²) in [6.07, 6.45) is 0. The molecule has 110 valence electrons. The second-order valence-electron chi connectivity index (χ2n) is 4.12. The molecule has 0 aromatic heterocycles. The van der Waals surface area contributed by atoms with Crippen molar-refractivity contribution < 1.29 is 13.6 Å². The van der Waals surface area contributed by atoms with E-state index in [1.807, 2.05) is 0 Å². The van der Waals surface area contributed by atoms with Crippen molar-refractivity contribution >= 4 is 35.8 Å². The number of benzene rings is 2. The second-order valence-corrected chi connectivity index (χ2v) is 5.05. The molecule has 0 saturated carbocycles. The second kappa shape index (κ2) is 6.78. The van der Waals surface area contributed by atoms with E-state index in [1.54, 1.807) is 24.3 Å². The summed E-state index contributed by atoms with van der Waals surface area (Å²) in [4.78, 5) is 12.0. The molecule has 0 aliphatic heterocycles. The van der Waals surface area contributed by atoms with Crippen molar-refractivity contribution in [2.24, 2.45) is 0 Å². The molecule has 0 spiro atoms. The van der Waals surface area contributed by atoms with Gasteiger partial charge in [-0.2, -0.15) is 0 Å². The van der Waals surface area contributed by atoms with Crippen LogP contribution in [0.1, 0.15) is 10.4 Å². The highest BCUT2D eigenvalue weighted by molar-refractivity contribution is 7.81. The molecule has 0 radical (unpaired) electrons. The lowest BCUT2D eigenvalue weighted by atomic mass is 10.2. The molecule has 0 saturated heterocycles. The summed E-state index contributed by atoms with van der Waals surface area (Å²) in [6.45, 7) is 0. The zero-order valence-corrected chi connectivity index (χ0v) is 12.3. The summed E-state index contributed by atoms with van der Waals surface area (Å²) < 4.78 is 26.3. The van der Waals surface area contributed by atoms with Gasteiger partial charge in [0.05, 0.1) is 16.3 Å². The van der Waals surface area contributed by atoms with Gasteiger partial charge in [-0.25, -0.2) is 8.78 Å². The molecule has 1 atom stereocenters. The Morgan fingerprint density at radius 3 is 2.57 bits per heavy atom. The van der Waals surface area contributed by atoms with E-state index in [2.05, 4.69) is 23.3 Å². The lowest BCUT2D eigenvalue weighted by Gasteiger charge is -2.17. The number of halogens is 3. The monoisotopic (exact) mass is 328 g/mol. The van der Waals surface area contributed by atoms with E-state index in [-0.39, 0.29) is 11.3 Å². The SMILES string of the molecule is O=C(NC(S)Nc1ccc(F)cc1F)c1ccccc1Cl. The van der Waals surface area contributed by atoms with Gasteiger partial charge in [-0.05, 0) is 24.3 Å². The zero-order chi connectivity index (χ0) is 15.4. The topological polar surface area (TPSA) is 41.1 Å². The van der Waals surface area contributed by atoms with Crippen molar-refractivity contribution in [2.75, 3.05) is 5.32 Å². The molecule has 0 aliphatic rings. The normalized spacial score (nSPS) is 11.8. The number of hydrogen-bond donors (Lipinski definition) is 3. The summed E-state index contributed by atoms with van der Waals surface area (Å²) in [5.74, 6) is -1.93. The molecule has 2 aromatic rings. The molecule has 21 heavy (non-hydrogen) atoms. The maximum atomic E-state index is 13.5. The highest BCUT2D eigenvalue weighted by Crippen LogP contribution is 2.17. The third kappa shape index (κ3) is 4.09. The standard InChI is InChI=1S/C14H11ClF2N2OS/c15-10-4-2-1-3-9(10)13(20)19-14(21)18-12-6-5-8(16)7-11(12)17/h1-7,14,18,21H,(H,19,20). The molecule has 0 aliphatic carbocycles. The van der Waals surface area contributed by atoms with Crippen LogP contribution in [0.25, 0.3) is 0 Å². The summed E-state index contributed by atoms with van der Waals surface area (Å²) in [5, 5.41) is 5.40. The third-order valence-corrected chi connectivity index (χ3v) is 3.20. The van der Waals surface area contributed by atoms with Gasteiger partial charge in [-0.1, -0.05) is 23.7 Å². The van der Waals surface area contributed by atoms with Crippen LogP contribution in [0.4, 0.5) is 14.5 Å². The van der Waals surface area contributed by atoms with Crippen molar-refractivity contribution in [3.05, 3.63) is 64.7 Å². The largest absolute Gasteiger partial charge is 0.355 e. The van der Waals surface area contributed by atoms with Gasteiger partial charge in [-0.3, -0.25) is 4.79 Å². The van der Waals surface area contributed by atoms with Gasteiger partial charge >= 0.3 is 0 Å². The lowest BCUT2D eigenvalue weighted by Crippen LogP contribution is -2.36. The molecule has 7 heteroatoms. The first-order chi connectivity index (χ1) is 9.97. The fraction of sp³-hybridized carbons (Fsp3) is 0.0714. The van der Waals surface area contributed by atoms with Crippen molar-refractivity contribution in [2.45, 2.75) is 5.50 Å². The average molecular weight is 329 g/mol. The minimum Gasteiger partial charge on any atom is -0.355 e. The summed E-state index contributed by atoms with van der Waals surface area (Å²) in [5.41, 5.74) is -0.566. The van der Waals surface area contributed by atoms with Gasteiger partial charge in [0.25, 0.3) is 5.91 Å². The van der Waals surface area contributed by atoms with Crippen molar-refractivity contribution in [1.82, 2.24) is 5.32 Å². The van der Waals surface area contributed by atoms with Crippen LogP contribution in [-0.4, -0.2) is 11.4 Å². The molecule has 3 nitrogen and oxygen atoms in total. The minimum absolute atomic E-state index is 0.0239. The zero-order valence-electron chi connectivity index (χ0n) is 10.6. The van der Waals surface area contributed by atoms with Gasteiger partial charge in [0.1, 0.15) is 17.1 Å². The molecule has 1 unspecified atom stereocenters. The molecule has 0 bridgehead atoms. The number of rotatable bonds is 4. The molecular formula is C14H11ClF2N2OS. The summed E-state index contributed by atoms with van der Waals surface area (Å²) in [7, 11) is 0. The average Bonchev–Trinajstić information content (AvgIpc) is 2.42. The quantitative estimate of drug-likeness (QED) is 0.592. The number of carbonyl (C=O) groups excluding carboxylic acids is 1. The lowest BCUT2D eigenvalue weighted by molar-refractivity contribution is 0.0953. The van der Waals surface area contributed by atoms with Gasteiger partial charge in [0, 0.05) is 6.07 Å². The van der Waals surface area contributed by atoms with Gasteiger partial charge in [-0.15, -0.1) is 12.6 Å². The Hall–Kier alpha value is -1.79. The van der Waals surface area contributed by atoms with Crippen LogP contribution in [0.15, 0.2) is 42.5 Å². The smallest absolute Gasteiger partial charge is 0.255 e. The highest BCUT2D eigenvalue weighted by atomic mass is 35.5. The third-order valence-electron chi connectivity index (χ3n) is 2.61. The van der Waals surface area contributed by atoms with E-state index in [0.717, 1.165) is 12.1 Å². The first-order valence-electron chi connectivity index (χ1n) is 5.92. The maximum Gasteiger partial charge on any atom is 0.255 e. The summed E-state index contributed by atoms with van der Waals surface area (Å²) in [6, 6.07) is 9.55. The fourth-order valence-corrected chi connectivity index (χ4v) is 2.12. The number of thiol groups is 1. The summed E-state index contributed by atoms with van der Waals surface area (Å²) >= 11 is 9.99. The fourth-order valence-electron chi connectivity index (χ4n) is 1.64. The number of amides is 1. The Morgan fingerprint density at radius 2 is 1.90 bits per heavy atom. The molecule has 2 aromatic carbocycles. The van der Waals surface area contributed by atoms with Crippen molar-refractivity contribution in [3.8, 4) is 0 Å². The van der Waals surface area contributed by atoms with Gasteiger partial charge in [0.2, 0.25) is 0 Å². The van der Waals surface area contributed by atoms with E-state index in [0.29, 0.717) is 5.02 Å². The maximum absolute atomic E-state index is 13.5. The Morgan fingerprint density at radius 1 is 1.19 bits per heavy atom. The first-order valence-corrected chi connectivity index (χ1v) is 6.82. The van der Waals surface area contributed by atoms with Crippen LogP contribution >= 0.6 is 24.2 Å². The Labute approximate surface area is 130 Å². The van der Waals surface area contributed by atoms with E-state index in [4.69, 9.17) is 11.6 Å². The Balaban J connectivity index is 2.03. The minimum atomic E-state index is -0.867. The molecule has 1 amide bonds. The van der Waals surface area contributed by atoms with Crippen molar-refractivity contribution in [1.29, 1.82) is 0 Å². The highest BCUT2D eigenvalue weighted by Gasteiger charge is 2.14. The number of nitrogens with one attached hydrogen (secondary N) is 2. The predicted octanol–water partition coefficient (Wildman–Crippen LogP) is 3.67. The van der Waals surface area contributed by atoms with E-state index < -0.39 is 23.0 Å². The van der Waals surface area contributed by atoms with E-state index >= 15 is 0 Å². The van der Waals surface area contributed by atoms with Crippen molar-refractivity contribution in [3.63, 3.8) is 0 Å². The van der Waals surface area contributed by atoms with E-state index in [1.165, 1.54) is 6.07 Å². The number of anilines is 1. The molecule has 0 fully saturated rings. The number of hydrogen-bond acceptors (Lipinski definition) is 3. The molecule has 0 heterocycles. The number of carbonyl (C=O) groups is 1. The molecular weight excluding hydrogens is 318 g/mol. The van der Waals surface area contributed by atoms with Crippen LogP contribution in [0, 0.1) is 11.6 Å². The predicted molar refractivity (Wildman–Crippen MR) is 81.7 cm³/mol. The van der Waals surface area contributed by atoms with Crippen LogP contribution in [0.3, 0.4) is 0 Å². The van der Waals surface area contributed by atoms with Crippen LogP contribution in [-0.2, 0) is 0 Å².